The van der Waals surface area contributed by atoms with Gasteiger partial charge in [0.1, 0.15) is 11.9 Å². The van der Waals surface area contributed by atoms with E-state index in [0.717, 1.165) is 29.7 Å². The lowest BCUT2D eigenvalue weighted by molar-refractivity contribution is -0.495. The standard InChI is InChI=1S/C22H22N6O2/c23-27-20(18-13-16-3-1-2-4-19(16)26-21(18)29)14-25-17-7-5-15(6-8-17)22(30)28-11-9-24-10-12-28/h1-8,13-14,23-25H,9-12H2,(H,26,29)/p+1. The highest BCUT2D eigenvalue weighted by Gasteiger charge is 2.18. The highest BCUT2D eigenvalue weighted by molar-refractivity contribution is 5.94. The lowest BCUT2D eigenvalue weighted by atomic mass is 10.1. The minimum atomic E-state index is -0.290. The number of carbonyl (C=O) groups excluding carboxylic acids is 1. The number of nitrogens with two attached hydrogens (primary N) is 1. The summed E-state index contributed by atoms with van der Waals surface area (Å²) >= 11 is 0. The Bertz CT molecular complexity index is 1160. The van der Waals surface area contributed by atoms with Crippen molar-refractivity contribution in [3.63, 3.8) is 0 Å². The van der Waals surface area contributed by atoms with Crippen LogP contribution in [0, 0.1) is 5.53 Å². The van der Waals surface area contributed by atoms with Gasteiger partial charge in [-0.1, -0.05) is 18.2 Å². The van der Waals surface area contributed by atoms with Gasteiger partial charge in [-0.15, -0.1) is 0 Å². The van der Waals surface area contributed by atoms with Crippen LogP contribution in [0.5, 0.6) is 0 Å². The van der Waals surface area contributed by atoms with E-state index in [-0.39, 0.29) is 17.2 Å². The Morgan fingerprint density at radius 1 is 1.10 bits per heavy atom. The molecule has 8 nitrogen and oxygen atoms in total. The van der Waals surface area contributed by atoms with Crippen LogP contribution in [0.25, 0.3) is 16.6 Å². The van der Waals surface area contributed by atoms with Gasteiger partial charge in [0.05, 0.1) is 5.56 Å². The first-order valence-electron chi connectivity index (χ1n) is 9.81. The second-order valence-electron chi connectivity index (χ2n) is 7.09. The smallest absolute Gasteiger partial charge is 0.258 e. The summed E-state index contributed by atoms with van der Waals surface area (Å²) in [5.74, 6) is 0.0307. The predicted octanol–water partition coefficient (Wildman–Crippen LogP) is 1.80. The maximum absolute atomic E-state index is 12.6. The first-order valence-corrected chi connectivity index (χ1v) is 9.81. The fraction of sp³-hybridized carbons (Fsp3) is 0.182. The number of fused-ring (bicyclic) bond motifs is 1. The number of nitrogens with one attached hydrogen (secondary N) is 3. The van der Waals surface area contributed by atoms with Crippen LogP contribution in [0.2, 0.25) is 0 Å². The van der Waals surface area contributed by atoms with E-state index in [2.05, 4.69) is 15.4 Å². The summed E-state index contributed by atoms with van der Waals surface area (Å²) in [4.78, 5) is 29.6. The molecule has 0 spiro atoms. The van der Waals surface area contributed by atoms with Crippen molar-refractivity contribution in [2.75, 3.05) is 26.2 Å². The zero-order valence-electron chi connectivity index (χ0n) is 16.4. The van der Waals surface area contributed by atoms with Gasteiger partial charge in [0.15, 0.2) is 5.70 Å². The van der Waals surface area contributed by atoms with Crippen LogP contribution in [0.15, 0.2) is 70.7 Å². The molecule has 1 saturated heterocycles. The van der Waals surface area contributed by atoms with Gasteiger partial charge in [-0.25, -0.2) is 5.53 Å². The van der Waals surface area contributed by atoms with Gasteiger partial charge in [-0.05, 0) is 29.7 Å². The van der Waals surface area contributed by atoms with Crippen LogP contribution in [0.1, 0.15) is 15.9 Å². The number of pyridine rings is 1. The number of H-pyrrole nitrogens is 1. The van der Waals surface area contributed by atoms with Crippen molar-refractivity contribution >= 4 is 28.2 Å². The van der Waals surface area contributed by atoms with E-state index in [4.69, 9.17) is 5.53 Å². The third-order valence-electron chi connectivity index (χ3n) is 5.15. The molecule has 0 aliphatic carbocycles. The summed E-state index contributed by atoms with van der Waals surface area (Å²) in [7, 11) is 0. The maximum atomic E-state index is 12.6. The molecule has 5 N–H and O–H groups in total. The molecule has 1 aromatic heterocycles. The lowest BCUT2D eigenvalue weighted by Gasteiger charge is -2.27. The van der Waals surface area contributed by atoms with E-state index in [1.807, 2.05) is 41.3 Å². The Kier molecular flexibility index (Phi) is 5.78. The highest BCUT2D eigenvalue weighted by atomic mass is 16.2. The van der Waals surface area contributed by atoms with Crippen molar-refractivity contribution in [3.8, 4) is 0 Å². The van der Waals surface area contributed by atoms with Crippen molar-refractivity contribution in [3.05, 3.63) is 82.3 Å². The molecule has 30 heavy (non-hydrogen) atoms. The molecule has 0 atom stereocenters. The topological polar surface area (TPSA) is 118 Å². The summed E-state index contributed by atoms with van der Waals surface area (Å²) in [6, 6.07) is 16.5. The lowest BCUT2D eigenvalue weighted by Crippen LogP contribution is -2.71. The van der Waals surface area contributed by atoms with Crippen LogP contribution in [0.3, 0.4) is 0 Å². The number of aromatic nitrogens is 1. The van der Waals surface area contributed by atoms with Gasteiger partial charge in [-0.3, -0.25) is 14.9 Å². The van der Waals surface area contributed by atoms with Gasteiger partial charge < -0.3 is 15.2 Å². The van der Waals surface area contributed by atoms with E-state index in [9.17, 15) is 9.59 Å². The molecule has 152 valence electrons. The molecule has 0 radical (unpaired) electrons. The monoisotopic (exact) mass is 403 g/mol. The molecule has 3 aromatic rings. The van der Waals surface area contributed by atoms with Crippen molar-refractivity contribution in [2.24, 2.45) is 5.11 Å². The van der Waals surface area contributed by atoms with Crippen molar-refractivity contribution in [2.45, 2.75) is 0 Å². The third-order valence-corrected chi connectivity index (χ3v) is 5.15. The average Bonchev–Trinajstić information content (AvgIpc) is 2.80. The van der Waals surface area contributed by atoms with Gasteiger partial charge >= 0.3 is 0 Å². The number of quaternary nitrogens is 1. The van der Waals surface area contributed by atoms with Crippen LogP contribution in [-0.4, -0.2) is 42.0 Å². The Morgan fingerprint density at radius 2 is 1.83 bits per heavy atom. The summed E-state index contributed by atoms with van der Waals surface area (Å²) in [5.41, 5.74) is 10.1. The number of carbonyl (C=O) groups is 1. The number of aromatic amines is 1. The first-order chi connectivity index (χ1) is 14.7. The zero-order chi connectivity index (χ0) is 20.9. The van der Waals surface area contributed by atoms with Crippen molar-refractivity contribution in [1.82, 2.24) is 15.2 Å². The van der Waals surface area contributed by atoms with E-state index < -0.39 is 0 Å². The molecular weight excluding hydrogens is 380 g/mol. The molecule has 0 saturated carbocycles. The number of hydrogen-bond donors (Lipinski definition) is 4. The Hall–Kier alpha value is -3.62. The normalized spacial score (nSPS) is 14.7. The minimum absolute atomic E-state index is 0.0307. The summed E-state index contributed by atoms with van der Waals surface area (Å²) in [5, 5.41) is 9.43. The Labute approximate surface area is 173 Å². The molecule has 1 aliphatic rings. The van der Waals surface area contributed by atoms with Gasteiger partial charge in [0, 0.05) is 49.4 Å². The summed E-state index contributed by atoms with van der Waals surface area (Å²) in [6.07, 6.45) is 1.64. The number of para-hydroxylation sites is 1. The maximum Gasteiger partial charge on any atom is 0.258 e. The van der Waals surface area contributed by atoms with E-state index in [0.29, 0.717) is 24.2 Å². The van der Waals surface area contributed by atoms with Crippen molar-refractivity contribution in [1.29, 1.82) is 5.53 Å². The SMILES string of the molecule is N=NC(=C[NH2+]c1ccc(C(=O)N2CCNCC2)cc1)c1cc2ccccc2[nH]c1=O. The second-order valence-corrected chi connectivity index (χ2v) is 7.09. The molecule has 2 aromatic carbocycles. The molecule has 0 unspecified atom stereocenters. The number of nitrogens with zero attached hydrogens (tertiary/aromatic N) is 2. The molecule has 1 aliphatic heterocycles. The molecule has 0 bridgehead atoms. The third kappa shape index (κ3) is 4.19. The predicted molar refractivity (Wildman–Crippen MR) is 114 cm³/mol. The number of amides is 1. The molecule has 4 rings (SSSR count). The molecule has 8 heteroatoms. The van der Waals surface area contributed by atoms with Crippen LogP contribution in [0.4, 0.5) is 5.69 Å². The highest BCUT2D eigenvalue weighted by Crippen LogP contribution is 2.16. The average molecular weight is 403 g/mol. The molecule has 1 amide bonds. The summed E-state index contributed by atoms with van der Waals surface area (Å²) in [6.45, 7) is 3.06. The van der Waals surface area contributed by atoms with Crippen molar-refractivity contribution < 1.29 is 10.1 Å². The van der Waals surface area contributed by atoms with E-state index in [1.165, 1.54) is 0 Å². The molecule has 2 heterocycles. The van der Waals surface area contributed by atoms with E-state index >= 15 is 0 Å². The Morgan fingerprint density at radius 3 is 2.57 bits per heavy atom. The fourth-order valence-corrected chi connectivity index (χ4v) is 3.49. The van der Waals surface area contributed by atoms with Crippen LogP contribution >= 0.6 is 0 Å². The fourth-order valence-electron chi connectivity index (χ4n) is 3.49. The zero-order valence-corrected chi connectivity index (χ0v) is 16.4. The van der Waals surface area contributed by atoms with E-state index in [1.54, 1.807) is 29.7 Å². The quantitative estimate of drug-likeness (QED) is 0.384. The largest absolute Gasteiger partial charge is 0.336 e. The number of benzene rings is 2. The van der Waals surface area contributed by atoms with Crippen LogP contribution < -0.4 is 16.2 Å². The molecule has 1 fully saturated rings. The molecular formula is C22H23N6O2+. The number of hydrogen-bond acceptors (Lipinski definition) is 5. The number of rotatable bonds is 5. The van der Waals surface area contributed by atoms with Gasteiger partial charge in [-0.2, -0.15) is 5.11 Å². The Balaban J connectivity index is 1.52. The van der Waals surface area contributed by atoms with Gasteiger partial charge in [0.2, 0.25) is 0 Å². The first kappa shape index (κ1) is 19.7. The van der Waals surface area contributed by atoms with Gasteiger partial charge in [0.25, 0.3) is 11.5 Å². The summed E-state index contributed by atoms with van der Waals surface area (Å²) < 4.78 is 0. The van der Waals surface area contributed by atoms with Crippen LogP contribution in [-0.2, 0) is 0 Å². The second kappa shape index (κ2) is 8.81. The minimum Gasteiger partial charge on any atom is -0.336 e. The number of piperazine rings is 1.